The molecule has 1 saturated heterocycles. The summed E-state index contributed by atoms with van der Waals surface area (Å²) in [7, 11) is -2.41. The molecule has 0 saturated carbocycles. The first-order chi connectivity index (χ1) is 14.1. The fraction of sp³-hybridized carbons (Fsp3) is 0.400. The number of sulfonamides is 1. The van der Waals surface area contributed by atoms with Crippen molar-refractivity contribution in [3.05, 3.63) is 57.6 Å². The van der Waals surface area contributed by atoms with Crippen molar-refractivity contribution in [3.8, 4) is 0 Å². The highest BCUT2D eigenvalue weighted by molar-refractivity contribution is 9.10. The second-order valence-corrected chi connectivity index (χ2v) is 10.9. The number of nitrogens with zero attached hydrogens (tertiary/aromatic N) is 2. The lowest BCUT2D eigenvalue weighted by atomic mass is 9.90. The highest BCUT2D eigenvalue weighted by Gasteiger charge is 2.43. The van der Waals surface area contributed by atoms with Crippen LogP contribution in [0.4, 0.5) is 10.1 Å². The lowest BCUT2D eigenvalue weighted by molar-refractivity contribution is 0.403. The standard InChI is InChI=1S/C20H23BrFN5O2S/c1-20(11-30(28,29)27(2)19(23)26-20)15-9-14(6-7-16(15)22)25-17-5-3-4-12-8-13(21)10-24-18(12)17/h6-10,17,25H,3-5,11H2,1-2H3,(H2,23,26)/t17-,20-/m0/s1. The quantitative estimate of drug-likeness (QED) is 0.605. The molecule has 7 nitrogen and oxygen atoms in total. The molecule has 2 aliphatic rings. The normalized spacial score (nSPS) is 25.4. The zero-order valence-electron chi connectivity index (χ0n) is 16.7. The van der Waals surface area contributed by atoms with Crippen molar-refractivity contribution < 1.29 is 12.8 Å². The molecule has 0 unspecified atom stereocenters. The third-order valence-electron chi connectivity index (χ3n) is 5.74. The number of aromatic nitrogens is 1. The van der Waals surface area contributed by atoms with Crippen LogP contribution in [0, 0.1) is 11.2 Å². The number of pyridine rings is 1. The third kappa shape index (κ3) is 3.78. The van der Waals surface area contributed by atoms with Crippen LogP contribution in [0.3, 0.4) is 0 Å². The summed E-state index contributed by atoms with van der Waals surface area (Å²) in [5, 5.41) is 14.3. The van der Waals surface area contributed by atoms with E-state index in [-0.39, 0.29) is 23.3 Å². The van der Waals surface area contributed by atoms with E-state index in [1.165, 1.54) is 18.7 Å². The number of rotatable bonds is 3. The molecule has 1 fully saturated rings. The van der Waals surface area contributed by atoms with Crippen molar-refractivity contribution in [1.82, 2.24) is 14.6 Å². The number of guanidine groups is 1. The monoisotopic (exact) mass is 495 g/mol. The SMILES string of the molecule is CN1C(=N)N[C@](C)(c2cc(N[C@H]3CCCc4cc(Br)cnc43)ccc2F)CS1(=O)=O. The Kier molecular flexibility index (Phi) is 5.26. The maximum absolute atomic E-state index is 14.8. The van der Waals surface area contributed by atoms with E-state index >= 15 is 0 Å². The van der Waals surface area contributed by atoms with Crippen LogP contribution in [0.2, 0.25) is 0 Å². The molecule has 0 radical (unpaired) electrons. The van der Waals surface area contributed by atoms with E-state index in [9.17, 15) is 12.8 Å². The first-order valence-electron chi connectivity index (χ1n) is 9.63. The Balaban J connectivity index is 1.66. The lowest BCUT2D eigenvalue weighted by Gasteiger charge is -2.40. The topological polar surface area (TPSA) is 98.2 Å². The average molecular weight is 496 g/mol. The van der Waals surface area contributed by atoms with Crippen LogP contribution in [0.5, 0.6) is 0 Å². The van der Waals surface area contributed by atoms with Crippen molar-refractivity contribution in [2.24, 2.45) is 0 Å². The van der Waals surface area contributed by atoms with E-state index < -0.39 is 21.4 Å². The minimum Gasteiger partial charge on any atom is -0.377 e. The number of benzene rings is 1. The molecular formula is C20H23BrFN5O2S. The summed E-state index contributed by atoms with van der Waals surface area (Å²) in [4.78, 5) is 4.57. The molecule has 1 aliphatic heterocycles. The molecule has 2 atom stereocenters. The van der Waals surface area contributed by atoms with Crippen molar-refractivity contribution in [3.63, 3.8) is 0 Å². The Labute approximate surface area is 183 Å². The summed E-state index contributed by atoms with van der Waals surface area (Å²) in [5.74, 6) is -1.15. The molecule has 160 valence electrons. The summed E-state index contributed by atoms with van der Waals surface area (Å²) in [6, 6.07) is 6.66. The Hall–Kier alpha value is -2.20. The van der Waals surface area contributed by atoms with Gasteiger partial charge >= 0.3 is 0 Å². The van der Waals surface area contributed by atoms with Gasteiger partial charge in [0.15, 0.2) is 0 Å². The van der Waals surface area contributed by atoms with Crippen LogP contribution >= 0.6 is 15.9 Å². The Morgan fingerprint density at radius 2 is 2.17 bits per heavy atom. The maximum Gasteiger partial charge on any atom is 0.239 e. The van der Waals surface area contributed by atoms with Gasteiger partial charge in [0, 0.05) is 29.0 Å². The molecular weight excluding hydrogens is 473 g/mol. The highest BCUT2D eigenvalue weighted by atomic mass is 79.9. The summed E-state index contributed by atoms with van der Waals surface area (Å²) >= 11 is 3.46. The van der Waals surface area contributed by atoms with Gasteiger partial charge in [-0.25, -0.2) is 17.1 Å². The van der Waals surface area contributed by atoms with E-state index in [0.717, 1.165) is 33.7 Å². The third-order valence-corrected chi connectivity index (χ3v) is 8.13. The van der Waals surface area contributed by atoms with Gasteiger partial charge < -0.3 is 10.6 Å². The molecule has 0 bridgehead atoms. The van der Waals surface area contributed by atoms with Crippen LogP contribution in [0.1, 0.15) is 42.6 Å². The van der Waals surface area contributed by atoms with E-state index in [2.05, 4.69) is 37.6 Å². The molecule has 0 amide bonds. The molecule has 1 aliphatic carbocycles. The maximum atomic E-state index is 14.8. The molecule has 0 spiro atoms. The number of anilines is 1. The largest absolute Gasteiger partial charge is 0.377 e. The molecule has 2 aromatic rings. The Bertz CT molecular complexity index is 1130. The minimum atomic E-state index is -3.72. The number of fused-ring (bicyclic) bond motifs is 1. The number of halogens is 2. The molecule has 3 N–H and O–H groups in total. The fourth-order valence-corrected chi connectivity index (χ4v) is 5.99. The number of hydrogen-bond donors (Lipinski definition) is 3. The van der Waals surface area contributed by atoms with Gasteiger partial charge in [-0.15, -0.1) is 0 Å². The van der Waals surface area contributed by atoms with E-state index in [1.54, 1.807) is 25.3 Å². The Morgan fingerprint density at radius 1 is 1.40 bits per heavy atom. The lowest BCUT2D eigenvalue weighted by Crippen LogP contribution is -2.61. The van der Waals surface area contributed by atoms with Crippen molar-refractivity contribution in [2.75, 3.05) is 18.1 Å². The number of hydrogen-bond acceptors (Lipinski definition) is 5. The first kappa shape index (κ1) is 21.0. The second kappa shape index (κ2) is 7.49. The highest BCUT2D eigenvalue weighted by Crippen LogP contribution is 2.35. The van der Waals surface area contributed by atoms with Crippen molar-refractivity contribution >= 4 is 37.6 Å². The van der Waals surface area contributed by atoms with Crippen molar-refractivity contribution in [1.29, 1.82) is 5.41 Å². The van der Waals surface area contributed by atoms with Crippen LogP contribution in [-0.2, 0) is 22.0 Å². The van der Waals surface area contributed by atoms with Gasteiger partial charge in [0.2, 0.25) is 16.0 Å². The van der Waals surface area contributed by atoms with E-state index in [0.29, 0.717) is 5.69 Å². The zero-order valence-corrected chi connectivity index (χ0v) is 19.1. The van der Waals surface area contributed by atoms with Crippen LogP contribution in [-0.4, -0.2) is 36.5 Å². The van der Waals surface area contributed by atoms with Gasteiger partial charge in [0.1, 0.15) is 5.82 Å². The van der Waals surface area contributed by atoms with Crippen LogP contribution in [0.25, 0.3) is 0 Å². The van der Waals surface area contributed by atoms with Gasteiger partial charge in [-0.3, -0.25) is 10.4 Å². The summed E-state index contributed by atoms with van der Waals surface area (Å²) < 4.78 is 41.5. The molecule has 30 heavy (non-hydrogen) atoms. The molecule has 10 heteroatoms. The van der Waals surface area contributed by atoms with Gasteiger partial charge in [-0.2, -0.15) is 0 Å². The van der Waals surface area contributed by atoms with Crippen LogP contribution in [0.15, 0.2) is 34.9 Å². The Morgan fingerprint density at radius 3 is 2.90 bits per heavy atom. The smallest absolute Gasteiger partial charge is 0.239 e. The van der Waals surface area contributed by atoms with Crippen molar-refractivity contribution in [2.45, 2.75) is 37.8 Å². The predicted molar refractivity (Wildman–Crippen MR) is 117 cm³/mol. The van der Waals surface area contributed by atoms with Gasteiger partial charge in [0.05, 0.1) is 23.0 Å². The number of nitrogens with one attached hydrogen (secondary N) is 3. The fourth-order valence-electron chi connectivity index (χ4n) is 4.14. The molecule has 4 rings (SSSR count). The first-order valence-corrected chi connectivity index (χ1v) is 12.0. The summed E-state index contributed by atoms with van der Waals surface area (Å²) in [6.07, 6.45) is 4.64. The molecule has 1 aromatic carbocycles. The van der Waals surface area contributed by atoms with Gasteiger partial charge in [0.25, 0.3) is 0 Å². The zero-order chi connectivity index (χ0) is 21.7. The summed E-state index contributed by atoms with van der Waals surface area (Å²) in [5.41, 5.74) is 1.79. The van der Waals surface area contributed by atoms with E-state index in [1.807, 2.05) is 0 Å². The minimum absolute atomic E-state index is 0.0135. The number of aryl methyl sites for hydroxylation is 1. The molecule has 2 heterocycles. The second-order valence-electron chi connectivity index (χ2n) is 8.01. The van der Waals surface area contributed by atoms with Crippen LogP contribution < -0.4 is 10.6 Å². The predicted octanol–water partition coefficient (Wildman–Crippen LogP) is 3.49. The average Bonchev–Trinajstić information content (AvgIpc) is 2.67. The van der Waals surface area contributed by atoms with Gasteiger partial charge in [-0.05, 0) is 71.9 Å². The summed E-state index contributed by atoms with van der Waals surface area (Å²) in [6.45, 7) is 1.60. The van der Waals surface area contributed by atoms with E-state index in [4.69, 9.17) is 5.41 Å². The molecule has 1 aromatic heterocycles. The van der Waals surface area contributed by atoms with Gasteiger partial charge in [-0.1, -0.05) is 0 Å².